The van der Waals surface area contributed by atoms with Gasteiger partial charge in [0.15, 0.2) is 0 Å². The van der Waals surface area contributed by atoms with E-state index in [1.54, 1.807) is 7.05 Å². The number of unbranched alkanes of at least 4 members (excludes halogenated alkanes) is 13. The number of carbonyl (C=O) groups excluding carboxylic acids is 1. The highest BCUT2D eigenvalue weighted by Gasteiger charge is 2.19. The second-order valence-electron chi connectivity index (χ2n) is 12.2. The van der Waals surface area contributed by atoms with Gasteiger partial charge in [0.1, 0.15) is 5.60 Å². The fourth-order valence-electron chi connectivity index (χ4n) is 4.23. The standard InChI is InChI=1S/C34H69NO8/c1-6-7-8-9-10-11-12-13-14-15-16-17-18-19-21-37-23-25-39-27-29-41-31-32-42-30-28-40-26-24-38-22-20-35(5)33(36)43-34(2,3)4/h6-32H2,1-5H3. The molecule has 0 radical (unpaired) electrons. The third kappa shape index (κ3) is 35.4. The molecule has 0 rings (SSSR count). The largest absolute Gasteiger partial charge is 0.444 e. The van der Waals surface area contributed by atoms with E-state index >= 15 is 0 Å². The Morgan fingerprint density at radius 1 is 0.465 bits per heavy atom. The first-order valence-corrected chi connectivity index (χ1v) is 17.3. The van der Waals surface area contributed by atoms with Crippen LogP contribution in [0.4, 0.5) is 4.79 Å². The van der Waals surface area contributed by atoms with Gasteiger partial charge in [0.25, 0.3) is 0 Å². The molecule has 0 N–H and O–H groups in total. The van der Waals surface area contributed by atoms with E-state index in [0.29, 0.717) is 79.2 Å². The van der Waals surface area contributed by atoms with Crippen LogP contribution in [0.2, 0.25) is 0 Å². The Morgan fingerprint density at radius 2 is 0.767 bits per heavy atom. The summed E-state index contributed by atoms with van der Waals surface area (Å²) < 4.78 is 38.5. The molecule has 0 aliphatic heterocycles. The van der Waals surface area contributed by atoms with Crippen molar-refractivity contribution in [2.24, 2.45) is 0 Å². The van der Waals surface area contributed by atoms with Crippen molar-refractivity contribution in [1.82, 2.24) is 4.90 Å². The second kappa shape index (κ2) is 32.4. The van der Waals surface area contributed by atoms with Crippen LogP contribution in [0, 0.1) is 0 Å². The smallest absolute Gasteiger partial charge is 0.410 e. The summed E-state index contributed by atoms with van der Waals surface area (Å²) in [6.45, 7) is 15.0. The van der Waals surface area contributed by atoms with Gasteiger partial charge >= 0.3 is 6.09 Å². The lowest BCUT2D eigenvalue weighted by Gasteiger charge is -2.24. The number of likely N-dealkylation sites (N-methyl/N-ethyl adjacent to an activating group) is 1. The first kappa shape index (κ1) is 42.0. The van der Waals surface area contributed by atoms with Crippen molar-refractivity contribution in [2.45, 2.75) is 123 Å². The molecular weight excluding hydrogens is 550 g/mol. The van der Waals surface area contributed by atoms with Crippen molar-refractivity contribution in [1.29, 1.82) is 0 Å². The SMILES string of the molecule is CCCCCCCCCCCCCCCCOCCOCCOCCOCCOCCOCCN(C)C(=O)OC(C)(C)C. The average Bonchev–Trinajstić information content (AvgIpc) is 2.96. The fourth-order valence-corrected chi connectivity index (χ4v) is 4.23. The van der Waals surface area contributed by atoms with E-state index < -0.39 is 5.60 Å². The Hall–Kier alpha value is -0.970. The monoisotopic (exact) mass is 620 g/mol. The molecule has 0 aliphatic carbocycles. The van der Waals surface area contributed by atoms with Crippen molar-refractivity contribution in [3.05, 3.63) is 0 Å². The number of nitrogens with zero attached hydrogens (tertiary/aromatic N) is 1. The third-order valence-corrected chi connectivity index (χ3v) is 6.78. The van der Waals surface area contributed by atoms with Crippen molar-refractivity contribution >= 4 is 6.09 Å². The molecule has 9 nitrogen and oxygen atoms in total. The van der Waals surface area contributed by atoms with Crippen molar-refractivity contribution in [3.8, 4) is 0 Å². The number of hydrogen-bond donors (Lipinski definition) is 0. The second-order valence-corrected chi connectivity index (χ2v) is 12.2. The molecule has 0 aromatic rings. The number of hydrogen-bond acceptors (Lipinski definition) is 8. The molecular formula is C34H69NO8. The first-order chi connectivity index (χ1) is 20.9. The van der Waals surface area contributed by atoms with Gasteiger partial charge in [0.2, 0.25) is 0 Å². The molecule has 0 spiro atoms. The van der Waals surface area contributed by atoms with Crippen LogP contribution in [0.5, 0.6) is 0 Å². The average molecular weight is 620 g/mol. The maximum atomic E-state index is 11.8. The summed E-state index contributed by atoms with van der Waals surface area (Å²) in [5, 5.41) is 0. The number of carbonyl (C=O) groups is 1. The summed E-state index contributed by atoms with van der Waals surface area (Å²) in [6.07, 6.45) is 18.9. The lowest BCUT2D eigenvalue weighted by atomic mass is 10.0. The highest BCUT2D eigenvalue weighted by atomic mass is 16.6. The quantitative estimate of drug-likeness (QED) is 0.0701. The highest BCUT2D eigenvalue weighted by Crippen LogP contribution is 2.13. The van der Waals surface area contributed by atoms with E-state index in [-0.39, 0.29) is 6.09 Å². The molecule has 1 amide bonds. The van der Waals surface area contributed by atoms with Crippen LogP contribution in [-0.2, 0) is 33.2 Å². The Kier molecular flexibility index (Phi) is 31.7. The molecule has 9 heteroatoms. The fraction of sp³-hybridized carbons (Fsp3) is 0.971. The maximum absolute atomic E-state index is 11.8. The lowest BCUT2D eigenvalue weighted by molar-refractivity contribution is -0.0180. The molecule has 0 atom stereocenters. The summed E-state index contributed by atoms with van der Waals surface area (Å²) in [7, 11) is 1.69. The Morgan fingerprint density at radius 3 is 1.12 bits per heavy atom. The summed E-state index contributed by atoms with van der Waals surface area (Å²) in [5.74, 6) is 0. The molecule has 0 saturated carbocycles. The van der Waals surface area contributed by atoms with Crippen LogP contribution in [0.25, 0.3) is 0 Å². The van der Waals surface area contributed by atoms with E-state index in [9.17, 15) is 4.79 Å². The topological polar surface area (TPSA) is 84.9 Å². The number of rotatable bonds is 33. The molecule has 43 heavy (non-hydrogen) atoms. The lowest BCUT2D eigenvalue weighted by Crippen LogP contribution is -2.36. The zero-order valence-corrected chi connectivity index (χ0v) is 28.8. The minimum Gasteiger partial charge on any atom is -0.444 e. The normalized spacial score (nSPS) is 11.7. The van der Waals surface area contributed by atoms with Crippen LogP contribution in [0.1, 0.15) is 118 Å². The van der Waals surface area contributed by atoms with Crippen LogP contribution in [0.3, 0.4) is 0 Å². The molecule has 0 fully saturated rings. The van der Waals surface area contributed by atoms with Crippen LogP contribution < -0.4 is 0 Å². The highest BCUT2D eigenvalue weighted by molar-refractivity contribution is 5.67. The van der Waals surface area contributed by atoms with Gasteiger partial charge < -0.3 is 38.1 Å². The van der Waals surface area contributed by atoms with Crippen molar-refractivity contribution in [2.75, 3.05) is 92.9 Å². The van der Waals surface area contributed by atoms with Gasteiger partial charge in [-0.3, -0.25) is 0 Å². The molecule has 0 aliphatic rings. The molecule has 0 saturated heterocycles. The molecule has 0 unspecified atom stereocenters. The summed E-state index contributed by atoms with van der Waals surface area (Å²) >= 11 is 0. The van der Waals surface area contributed by atoms with Gasteiger partial charge in [-0.1, -0.05) is 90.4 Å². The Labute approximate surface area is 264 Å². The molecule has 0 heterocycles. The Balaban J connectivity index is 3.14. The minimum absolute atomic E-state index is 0.351. The van der Waals surface area contributed by atoms with Crippen molar-refractivity contribution in [3.63, 3.8) is 0 Å². The van der Waals surface area contributed by atoms with E-state index in [2.05, 4.69) is 6.92 Å². The first-order valence-electron chi connectivity index (χ1n) is 17.3. The number of ether oxygens (including phenoxy) is 7. The zero-order chi connectivity index (χ0) is 31.7. The van der Waals surface area contributed by atoms with Gasteiger partial charge in [-0.05, 0) is 27.2 Å². The van der Waals surface area contributed by atoms with Gasteiger partial charge in [-0.25, -0.2) is 4.79 Å². The van der Waals surface area contributed by atoms with Crippen LogP contribution in [-0.4, -0.2) is 109 Å². The van der Waals surface area contributed by atoms with Crippen LogP contribution in [0.15, 0.2) is 0 Å². The van der Waals surface area contributed by atoms with Gasteiger partial charge in [-0.2, -0.15) is 0 Å². The van der Waals surface area contributed by atoms with E-state index in [1.807, 2.05) is 20.8 Å². The minimum atomic E-state index is -0.497. The summed E-state index contributed by atoms with van der Waals surface area (Å²) in [6, 6.07) is 0. The van der Waals surface area contributed by atoms with E-state index in [4.69, 9.17) is 33.2 Å². The molecule has 0 aromatic heterocycles. The van der Waals surface area contributed by atoms with Gasteiger partial charge in [0, 0.05) is 20.2 Å². The van der Waals surface area contributed by atoms with Crippen molar-refractivity contribution < 1.29 is 38.0 Å². The predicted molar refractivity (Wildman–Crippen MR) is 174 cm³/mol. The van der Waals surface area contributed by atoms with Crippen LogP contribution >= 0.6 is 0 Å². The van der Waals surface area contributed by atoms with Gasteiger partial charge in [-0.15, -0.1) is 0 Å². The number of amides is 1. The maximum Gasteiger partial charge on any atom is 0.410 e. The Bertz CT molecular complexity index is 573. The molecule has 0 aromatic carbocycles. The summed E-state index contributed by atoms with van der Waals surface area (Å²) in [4.78, 5) is 13.4. The molecule has 0 bridgehead atoms. The van der Waals surface area contributed by atoms with E-state index in [1.165, 1.54) is 88.4 Å². The predicted octanol–water partition coefficient (Wildman–Crippen LogP) is 7.43. The van der Waals surface area contributed by atoms with E-state index in [0.717, 1.165) is 13.0 Å². The van der Waals surface area contributed by atoms with Gasteiger partial charge in [0.05, 0.1) is 72.7 Å². The zero-order valence-electron chi connectivity index (χ0n) is 28.8. The third-order valence-electron chi connectivity index (χ3n) is 6.78. The summed E-state index contributed by atoms with van der Waals surface area (Å²) in [5.41, 5.74) is -0.497. The molecule has 258 valence electrons.